The van der Waals surface area contributed by atoms with E-state index in [4.69, 9.17) is 0 Å². The molecule has 3 rings (SSSR count). The average molecular weight is 431 g/mol. The van der Waals surface area contributed by atoms with Crippen LogP contribution < -0.4 is 16.0 Å². The molecule has 7 nitrogen and oxygen atoms in total. The molecule has 2 heterocycles. The minimum Gasteiger partial charge on any atom is -0.355 e. The van der Waals surface area contributed by atoms with E-state index in [-0.39, 0.29) is 22.8 Å². The van der Waals surface area contributed by atoms with Gasteiger partial charge in [-0.05, 0) is 36.8 Å². The predicted octanol–water partition coefficient (Wildman–Crippen LogP) is 4.10. The van der Waals surface area contributed by atoms with Crippen LogP contribution in [0.4, 0.5) is 30.4 Å². The number of aryl methyl sites for hydroxylation is 1. The second-order valence-electron chi connectivity index (χ2n) is 6.75. The Morgan fingerprint density at radius 3 is 2.35 bits per heavy atom. The number of carbonyl (C=O) groups excluding carboxylic acids is 2. The molecule has 31 heavy (non-hydrogen) atoms. The number of hydrogen-bond acceptors (Lipinski definition) is 4. The summed E-state index contributed by atoms with van der Waals surface area (Å²) in [7, 11) is 2.60. The van der Waals surface area contributed by atoms with Gasteiger partial charge in [-0.15, -0.1) is 0 Å². The summed E-state index contributed by atoms with van der Waals surface area (Å²) in [6.07, 6.45) is -3.26. The molecule has 0 saturated carbocycles. The van der Waals surface area contributed by atoms with Gasteiger partial charge in [0.15, 0.2) is 5.82 Å². The van der Waals surface area contributed by atoms with Crippen LogP contribution in [0.5, 0.6) is 0 Å². The first-order valence-electron chi connectivity index (χ1n) is 9.21. The molecular formula is C21H20F3N5O2. The Balaban J connectivity index is 1.98. The van der Waals surface area contributed by atoms with Gasteiger partial charge in [0, 0.05) is 26.0 Å². The number of pyridine rings is 1. The van der Waals surface area contributed by atoms with Gasteiger partial charge in [0.1, 0.15) is 11.4 Å². The molecule has 0 saturated heterocycles. The predicted molar refractivity (Wildman–Crippen MR) is 110 cm³/mol. The van der Waals surface area contributed by atoms with Crippen molar-refractivity contribution in [3.63, 3.8) is 0 Å². The molecule has 0 fully saturated rings. The van der Waals surface area contributed by atoms with Gasteiger partial charge in [0.2, 0.25) is 0 Å². The summed E-state index contributed by atoms with van der Waals surface area (Å²) in [5.41, 5.74) is 0.804. The normalized spacial score (nSPS) is 11.2. The zero-order valence-electron chi connectivity index (χ0n) is 17.0. The first kappa shape index (κ1) is 21.9. The van der Waals surface area contributed by atoms with Crippen molar-refractivity contribution in [2.45, 2.75) is 13.1 Å². The molecule has 0 spiro atoms. The second kappa shape index (κ2) is 8.50. The summed E-state index contributed by atoms with van der Waals surface area (Å²) in [4.78, 5) is 29.0. The Hall–Kier alpha value is -3.82. The van der Waals surface area contributed by atoms with Crippen LogP contribution in [-0.4, -0.2) is 28.4 Å². The molecular weight excluding hydrogens is 411 g/mol. The number of rotatable bonds is 5. The molecule has 10 heteroatoms. The molecule has 3 aromatic rings. The molecule has 0 aliphatic heterocycles. The average Bonchev–Trinajstić information content (AvgIpc) is 3.12. The van der Waals surface area contributed by atoms with E-state index in [1.54, 1.807) is 0 Å². The Labute approximate surface area is 176 Å². The number of hydrogen-bond donors (Lipinski definition) is 3. The number of carbonyl (C=O) groups is 2. The number of para-hydroxylation sites is 1. The lowest BCUT2D eigenvalue weighted by Crippen LogP contribution is -2.21. The third-order valence-corrected chi connectivity index (χ3v) is 4.67. The molecule has 0 radical (unpaired) electrons. The molecule has 3 N–H and O–H groups in total. The van der Waals surface area contributed by atoms with E-state index in [1.807, 2.05) is 31.2 Å². The maximum Gasteiger partial charge on any atom is 0.431 e. The van der Waals surface area contributed by atoms with Crippen LogP contribution in [0.15, 0.2) is 48.7 Å². The number of nitrogens with zero attached hydrogens (tertiary/aromatic N) is 2. The van der Waals surface area contributed by atoms with Crippen molar-refractivity contribution >= 4 is 29.0 Å². The van der Waals surface area contributed by atoms with Crippen LogP contribution >= 0.6 is 0 Å². The molecule has 0 bridgehead atoms. The molecule has 0 aliphatic carbocycles. The number of alkyl halides is 3. The van der Waals surface area contributed by atoms with Gasteiger partial charge in [0.25, 0.3) is 11.8 Å². The summed E-state index contributed by atoms with van der Waals surface area (Å²) < 4.78 is 39.9. The van der Waals surface area contributed by atoms with Crippen LogP contribution in [0.2, 0.25) is 0 Å². The van der Waals surface area contributed by atoms with Crippen molar-refractivity contribution in [2.75, 3.05) is 17.7 Å². The second-order valence-corrected chi connectivity index (χ2v) is 6.75. The summed E-state index contributed by atoms with van der Waals surface area (Å²) in [5, 5.41) is 8.10. The molecule has 0 atom stereocenters. The van der Waals surface area contributed by atoms with Crippen LogP contribution in [0.3, 0.4) is 0 Å². The smallest absolute Gasteiger partial charge is 0.355 e. The lowest BCUT2D eigenvalue weighted by Gasteiger charge is -2.15. The fraction of sp³-hybridized carbons (Fsp3) is 0.190. The van der Waals surface area contributed by atoms with E-state index in [0.29, 0.717) is 0 Å². The monoisotopic (exact) mass is 431 g/mol. The zero-order valence-corrected chi connectivity index (χ0v) is 17.0. The fourth-order valence-corrected chi connectivity index (χ4v) is 2.98. The Morgan fingerprint density at radius 1 is 1.03 bits per heavy atom. The van der Waals surface area contributed by atoms with Gasteiger partial charge >= 0.3 is 6.18 Å². The summed E-state index contributed by atoms with van der Waals surface area (Å²) in [6, 6.07) is 10.7. The van der Waals surface area contributed by atoms with Gasteiger partial charge in [-0.1, -0.05) is 18.2 Å². The number of amides is 2. The number of halogens is 3. The maximum absolute atomic E-state index is 13.1. The number of aromatic nitrogens is 2. The Morgan fingerprint density at radius 2 is 1.74 bits per heavy atom. The lowest BCUT2D eigenvalue weighted by molar-refractivity contribution is -0.143. The van der Waals surface area contributed by atoms with Crippen molar-refractivity contribution in [2.24, 2.45) is 7.05 Å². The van der Waals surface area contributed by atoms with Crippen molar-refractivity contribution in [1.29, 1.82) is 0 Å². The standard InChI is InChI=1S/C21H20F3N5O2/c1-12-6-4-5-7-14(12)27-18-15(10-13(11-26-18)19(30)25-2)28-20(31)16-8-9-17(29(16)3)21(22,23)24/h4-11H,1-3H3,(H,25,30)(H,26,27)(H,28,31). The van der Waals surface area contributed by atoms with Crippen molar-refractivity contribution in [3.8, 4) is 0 Å². The van der Waals surface area contributed by atoms with Crippen LogP contribution in [0, 0.1) is 6.92 Å². The summed E-state index contributed by atoms with van der Waals surface area (Å²) in [6.45, 7) is 1.88. The van der Waals surface area contributed by atoms with Crippen LogP contribution in [-0.2, 0) is 13.2 Å². The number of anilines is 3. The van der Waals surface area contributed by atoms with Crippen LogP contribution in [0.25, 0.3) is 0 Å². The zero-order chi connectivity index (χ0) is 22.8. The summed E-state index contributed by atoms with van der Waals surface area (Å²) >= 11 is 0. The van der Waals surface area contributed by atoms with Gasteiger partial charge in [-0.2, -0.15) is 13.2 Å². The molecule has 0 unspecified atom stereocenters. The van der Waals surface area contributed by atoms with Gasteiger partial charge in [-0.3, -0.25) is 9.59 Å². The van der Waals surface area contributed by atoms with Crippen molar-refractivity contribution in [1.82, 2.24) is 14.9 Å². The van der Waals surface area contributed by atoms with E-state index in [1.165, 1.54) is 19.3 Å². The third-order valence-electron chi connectivity index (χ3n) is 4.67. The van der Waals surface area contributed by atoms with E-state index in [9.17, 15) is 22.8 Å². The van der Waals surface area contributed by atoms with Crippen molar-refractivity contribution < 1.29 is 22.8 Å². The number of benzene rings is 1. The quantitative estimate of drug-likeness (QED) is 0.568. The molecule has 2 aromatic heterocycles. The molecule has 1 aromatic carbocycles. The third kappa shape index (κ3) is 4.68. The highest BCUT2D eigenvalue weighted by molar-refractivity contribution is 6.06. The van der Waals surface area contributed by atoms with E-state index in [2.05, 4.69) is 20.9 Å². The largest absolute Gasteiger partial charge is 0.431 e. The Bertz CT molecular complexity index is 1140. The lowest BCUT2D eigenvalue weighted by atomic mass is 10.2. The molecule has 162 valence electrons. The molecule has 0 aliphatic rings. The van der Waals surface area contributed by atoms with Crippen molar-refractivity contribution in [3.05, 3.63) is 71.2 Å². The van der Waals surface area contributed by atoms with E-state index in [0.717, 1.165) is 35.0 Å². The first-order valence-corrected chi connectivity index (χ1v) is 9.21. The summed E-state index contributed by atoms with van der Waals surface area (Å²) in [5.74, 6) is -0.967. The number of nitrogens with one attached hydrogen (secondary N) is 3. The van der Waals surface area contributed by atoms with Gasteiger partial charge in [-0.25, -0.2) is 4.98 Å². The SMILES string of the molecule is CNC(=O)c1cnc(Nc2ccccc2C)c(NC(=O)c2ccc(C(F)(F)F)n2C)c1. The highest BCUT2D eigenvalue weighted by Crippen LogP contribution is 2.31. The minimum absolute atomic E-state index is 0.143. The topological polar surface area (TPSA) is 88.1 Å². The first-order chi connectivity index (χ1) is 14.6. The maximum atomic E-state index is 13.1. The van der Waals surface area contributed by atoms with E-state index < -0.39 is 23.7 Å². The molecule has 2 amide bonds. The fourth-order valence-electron chi connectivity index (χ4n) is 2.98. The highest BCUT2D eigenvalue weighted by Gasteiger charge is 2.35. The van der Waals surface area contributed by atoms with E-state index >= 15 is 0 Å². The van der Waals surface area contributed by atoms with Gasteiger partial charge < -0.3 is 20.5 Å². The van der Waals surface area contributed by atoms with Gasteiger partial charge in [0.05, 0.1) is 11.3 Å². The highest BCUT2D eigenvalue weighted by atomic mass is 19.4. The van der Waals surface area contributed by atoms with Crippen LogP contribution in [0.1, 0.15) is 32.1 Å². The minimum atomic E-state index is -4.59. The Kier molecular flexibility index (Phi) is 6.00.